The third-order valence-corrected chi connectivity index (χ3v) is 5.66. The Morgan fingerprint density at radius 3 is 2.28 bits per heavy atom. The highest BCUT2D eigenvalue weighted by Crippen LogP contribution is 2.36. The molecule has 0 spiro atoms. The van der Waals surface area contributed by atoms with Gasteiger partial charge in [-0.2, -0.15) is 5.10 Å². The minimum absolute atomic E-state index is 0.109. The van der Waals surface area contributed by atoms with Gasteiger partial charge in [-0.15, -0.1) is 10.2 Å². The minimum atomic E-state index is -0.468. The molecule has 11 heteroatoms. The van der Waals surface area contributed by atoms with Crippen LogP contribution in [0.1, 0.15) is 21.9 Å². The van der Waals surface area contributed by atoms with Gasteiger partial charge < -0.3 is 29.0 Å². The third-order valence-electron chi connectivity index (χ3n) is 5.66. The summed E-state index contributed by atoms with van der Waals surface area (Å²) >= 11 is 0. The second-order valence-electron chi connectivity index (χ2n) is 7.71. The van der Waals surface area contributed by atoms with Crippen LogP contribution in [0.2, 0.25) is 0 Å². The van der Waals surface area contributed by atoms with E-state index in [-0.39, 0.29) is 12.3 Å². The van der Waals surface area contributed by atoms with E-state index >= 15 is 0 Å². The van der Waals surface area contributed by atoms with Crippen molar-refractivity contribution < 1.29 is 28.5 Å². The average Bonchev–Trinajstić information content (AvgIpc) is 3.27. The Kier molecular flexibility index (Phi) is 7.20. The maximum Gasteiger partial charge on any atom is 0.278 e. The predicted octanol–water partition coefficient (Wildman–Crippen LogP) is 3.53. The molecule has 188 valence electrons. The maximum atomic E-state index is 13.2. The van der Waals surface area contributed by atoms with Crippen LogP contribution in [0.3, 0.4) is 0 Å². The van der Waals surface area contributed by atoms with Crippen LogP contribution in [0.25, 0.3) is 16.8 Å². The summed E-state index contributed by atoms with van der Waals surface area (Å²) in [5.41, 5.74) is 3.67. The summed E-state index contributed by atoms with van der Waals surface area (Å²) in [7, 11) is 7.79. The van der Waals surface area contributed by atoms with Gasteiger partial charge in [0.25, 0.3) is 5.91 Å². The highest BCUT2D eigenvalue weighted by molar-refractivity contribution is 6.04. The summed E-state index contributed by atoms with van der Waals surface area (Å²) in [6.45, 7) is 1.98. The molecular weight excluding hydrogens is 466 g/mol. The van der Waals surface area contributed by atoms with Crippen molar-refractivity contribution in [3.05, 3.63) is 53.5 Å². The number of carbonyl (C=O) groups is 1. The van der Waals surface area contributed by atoms with Crippen LogP contribution in [0.4, 0.5) is 5.69 Å². The van der Waals surface area contributed by atoms with Crippen molar-refractivity contribution in [2.24, 2.45) is 0 Å². The summed E-state index contributed by atoms with van der Waals surface area (Å²) in [4.78, 5) is 13.2. The van der Waals surface area contributed by atoms with Crippen molar-refractivity contribution in [3.8, 4) is 34.1 Å². The molecule has 0 aliphatic carbocycles. The number of rotatable bonds is 9. The number of aryl methyl sites for hydroxylation is 1. The molecule has 0 unspecified atom stereocenters. The van der Waals surface area contributed by atoms with Gasteiger partial charge in [0, 0.05) is 13.2 Å². The molecule has 0 bridgehead atoms. The van der Waals surface area contributed by atoms with E-state index in [4.69, 9.17) is 23.7 Å². The molecule has 0 atom stereocenters. The zero-order chi connectivity index (χ0) is 25.8. The molecule has 0 saturated carbocycles. The average molecular weight is 494 g/mol. The fourth-order valence-electron chi connectivity index (χ4n) is 3.88. The number of carbonyl (C=O) groups excluding carboxylic acids is 1. The molecule has 4 aromatic rings. The SMILES string of the molecule is COCc1nn2c(C)c(C(=O)Nc3cc(OC)ccc3OC)nnc2c1-c1ccc(OC)c(OC)c1. The van der Waals surface area contributed by atoms with Gasteiger partial charge in [-0.25, -0.2) is 4.52 Å². The largest absolute Gasteiger partial charge is 0.497 e. The first-order chi connectivity index (χ1) is 17.4. The van der Waals surface area contributed by atoms with E-state index in [0.29, 0.717) is 45.7 Å². The molecule has 2 aromatic carbocycles. The zero-order valence-electron chi connectivity index (χ0n) is 20.9. The van der Waals surface area contributed by atoms with Crippen LogP contribution < -0.4 is 24.3 Å². The van der Waals surface area contributed by atoms with Gasteiger partial charge in [-0.1, -0.05) is 6.07 Å². The van der Waals surface area contributed by atoms with Crippen molar-refractivity contribution >= 4 is 17.2 Å². The molecule has 2 heterocycles. The van der Waals surface area contributed by atoms with Gasteiger partial charge in [0.1, 0.15) is 11.5 Å². The summed E-state index contributed by atoms with van der Waals surface area (Å²) in [6.07, 6.45) is 0. The molecule has 36 heavy (non-hydrogen) atoms. The van der Waals surface area contributed by atoms with Gasteiger partial charge in [0.05, 0.1) is 57.7 Å². The molecule has 11 nitrogen and oxygen atoms in total. The standard InChI is InChI=1S/C25H27N5O6/c1-14-23(25(31)26-17-12-16(33-3)8-10-19(17)34-4)27-28-24-22(18(13-32-2)29-30(14)24)15-7-9-20(35-5)21(11-15)36-6/h7-12H,13H2,1-6H3,(H,26,31). The van der Waals surface area contributed by atoms with E-state index in [1.807, 2.05) is 12.1 Å². The zero-order valence-corrected chi connectivity index (χ0v) is 20.9. The van der Waals surface area contributed by atoms with E-state index < -0.39 is 5.91 Å². The number of nitrogens with zero attached hydrogens (tertiary/aromatic N) is 4. The number of anilines is 1. The first-order valence-electron chi connectivity index (χ1n) is 10.9. The number of ether oxygens (including phenoxy) is 5. The fourth-order valence-corrected chi connectivity index (χ4v) is 3.88. The predicted molar refractivity (Wildman–Crippen MR) is 132 cm³/mol. The number of hydrogen-bond donors (Lipinski definition) is 1. The number of aromatic nitrogens is 4. The number of nitrogens with one attached hydrogen (secondary N) is 1. The van der Waals surface area contributed by atoms with Crippen molar-refractivity contribution in [3.63, 3.8) is 0 Å². The molecule has 0 aliphatic heterocycles. The lowest BCUT2D eigenvalue weighted by molar-refractivity contribution is 0.101. The quantitative estimate of drug-likeness (QED) is 0.373. The molecule has 2 aromatic heterocycles. The van der Waals surface area contributed by atoms with E-state index in [1.54, 1.807) is 64.1 Å². The lowest BCUT2D eigenvalue weighted by Crippen LogP contribution is -2.19. The topological polar surface area (TPSA) is 118 Å². The Morgan fingerprint density at radius 2 is 1.61 bits per heavy atom. The van der Waals surface area contributed by atoms with Gasteiger partial charge in [-0.3, -0.25) is 4.79 Å². The Morgan fingerprint density at radius 1 is 0.889 bits per heavy atom. The maximum absolute atomic E-state index is 13.2. The monoisotopic (exact) mass is 493 g/mol. The van der Waals surface area contributed by atoms with E-state index in [0.717, 1.165) is 11.1 Å². The molecule has 0 aliphatic rings. The highest BCUT2D eigenvalue weighted by atomic mass is 16.5. The number of methoxy groups -OCH3 is 5. The molecule has 0 saturated heterocycles. The number of hydrogen-bond acceptors (Lipinski definition) is 9. The van der Waals surface area contributed by atoms with Crippen LogP contribution in [0.5, 0.6) is 23.0 Å². The third kappa shape index (κ3) is 4.48. The first kappa shape index (κ1) is 24.7. The normalized spacial score (nSPS) is 10.8. The van der Waals surface area contributed by atoms with E-state index in [9.17, 15) is 4.79 Å². The summed E-state index contributed by atoms with van der Waals surface area (Å²) in [6, 6.07) is 10.6. The number of benzene rings is 2. The Labute approximate surface area is 207 Å². The Hall–Kier alpha value is -4.38. The highest BCUT2D eigenvalue weighted by Gasteiger charge is 2.23. The Balaban J connectivity index is 1.79. The minimum Gasteiger partial charge on any atom is -0.497 e. The lowest BCUT2D eigenvalue weighted by Gasteiger charge is -2.12. The van der Waals surface area contributed by atoms with Gasteiger partial charge >= 0.3 is 0 Å². The van der Waals surface area contributed by atoms with Crippen molar-refractivity contribution in [2.45, 2.75) is 13.5 Å². The Bertz CT molecular complexity index is 1420. The first-order valence-corrected chi connectivity index (χ1v) is 10.9. The molecule has 1 N–H and O–H groups in total. The smallest absolute Gasteiger partial charge is 0.278 e. The molecule has 4 rings (SSSR count). The van der Waals surface area contributed by atoms with Crippen molar-refractivity contribution in [1.29, 1.82) is 0 Å². The molecule has 1 amide bonds. The van der Waals surface area contributed by atoms with Crippen LogP contribution in [0, 0.1) is 6.92 Å². The molecular formula is C25H27N5O6. The van der Waals surface area contributed by atoms with Gasteiger partial charge in [0.15, 0.2) is 22.8 Å². The van der Waals surface area contributed by atoms with Crippen molar-refractivity contribution in [1.82, 2.24) is 19.8 Å². The number of amides is 1. The molecule has 0 fully saturated rings. The van der Waals surface area contributed by atoms with Crippen molar-refractivity contribution in [2.75, 3.05) is 40.9 Å². The van der Waals surface area contributed by atoms with Gasteiger partial charge in [-0.05, 0) is 36.8 Å². The van der Waals surface area contributed by atoms with Crippen LogP contribution in [-0.2, 0) is 11.3 Å². The van der Waals surface area contributed by atoms with Gasteiger partial charge in [0.2, 0.25) is 0 Å². The van der Waals surface area contributed by atoms with Crippen LogP contribution >= 0.6 is 0 Å². The molecule has 0 radical (unpaired) electrons. The summed E-state index contributed by atoms with van der Waals surface area (Å²) in [5.74, 6) is 1.74. The lowest BCUT2D eigenvalue weighted by atomic mass is 10.1. The number of fused-ring (bicyclic) bond motifs is 1. The second kappa shape index (κ2) is 10.5. The summed E-state index contributed by atoms with van der Waals surface area (Å²) in [5, 5.41) is 16.1. The van der Waals surface area contributed by atoms with E-state index in [1.165, 1.54) is 7.11 Å². The van der Waals surface area contributed by atoms with Crippen LogP contribution in [0.15, 0.2) is 36.4 Å². The summed E-state index contributed by atoms with van der Waals surface area (Å²) < 4.78 is 28.4. The van der Waals surface area contributed by atoms with E-state index in [2.05, 4.69) is 20.6 Å². The fraction of sp³-hybridized carbons (Fsp3) is 0.280. The van der Waals surface area contributed by atoms with Crippen LogP contribution in [-0.4, -0.2) is 61.3 Å². The second-order valence-corrected chi connectivity index (χ2v) is 7.71.